The fraction of sp³-hybridized carbons (Fsp3) is 0.409. The Bertz CT molecular complexity index is 694. The number of para-hydroxylation sites is 1. The number of hydrogen-bond donors (Lipinski definition) is 1. The van der Waals surface area contributed by atoms with Crippen LogP contribution in [0.4, 0.5) is 0 Å². The van der Waals surface area contributed by atoms with Gasteiger partial charge < -0.3 is 15.0 Å². The number of hydrogen-bond acceptors (Lipinski definition) is 3. The van der Waals surface area contributed by atoms with Gasteiger partial charge in [0.15, 0.2) is 0 Å². The molecule has 1 heterocycles. The molecule has 0 saturated carbocycles. The van der Waals surface area contributed by atoms with Crippen molar-refractivity contribution >= 4 is 5.91 Å². The zero-order valence-electron chi connectivity index (χ0n) is 15.5. The van der Waals surface area contributed by atoms with Crippen LogP contribution in [0.3, 0.4) is 0 Å². The normalized spacial score (nSPS) is 15.6. The van der Waals surface area contributed by atoms with Crippen LogP contribution in [0.25, 0.3) is 0 Å². The van der Waals surface area contributed by atoms with Crippen molar-refractivity contribution in [3.8, 4) is 11.5 Å². The molecular formula is C22H28N2O2. The van der Waals surface area contributed by atoms with Crippen molar-refractivity contribution in [2.45, 2.75) is 38.6 Å². The summed E-state index contributed by atoms with van der Waals surface area (Å²) in [4.78, 5) is 15.1. The molecule has 138 valence electrons. The SMILES string of the molecule is CCCCN1CCC(NC(=O)c2cccc(Oc3ccccc3)c2)CC1. The predicted octanol–water partition coefficient (Wildman–Crippen LogP) is 4.47. The van der Waals surface area contributed by atoms with E-state index in [0.29, 0.717) is 11.3 Å². The summed E-state index contributed by atoms with van der Waals surface area (Å²) < 4.78 is 5.82. The van der Waals surface area contributed by atoms with Crippen LogP contribution in [0, 0.1) is 0 Å². The van der Waals surface area contributed by atoms with Gasteiger partial charge in [-0.1, -0.05) is 37.6 Å². The van der Waals surface area contributed by atoms with Crippen molar-refractivity contribution in [2.75, 3.05) is 19.6 Å². The number of ether oxygens (including phenoxy) is 1. The molecule has 1 amide bonds. The van der Waals surface area contributed by atoms with Gasteiger partial charge in [-0.15, -0.1) is 0 Å². The molecule has 1 N–H and O–H groups in total. The van der Waals surface area contributed by atoms with Crippen LogP contribution in [0.1, 0.15) is 43.0 Å². The monoisotopic (exact) mass is 352 g/mol. The van der Waals surface area contributed by atoms with Crippen LogP contribution in [0.15, 0.2) is 54.6 Å². The number of rotatable bonds is 7. The average molecular weight is 352 g/mol. The maximum absolute atomic E-state index is 12.6. The lowest BCUT2D eigenvalue weighted by atomic mass is 10.0. The highest BCUT2D eigenvalue weighted by molar-refractivity contribution is 5.94. The van der Waals surface area contributed by atoms with E-state index in [1.807, 2.05) is 48.5 Å². The van der Waals surface area contributed by atoms with Gasteiger partial charge in [-0.05, 0) is 56.1 Å². The quantitative estimate of drug-likeness (QED) is 0.799. The van der Waals surface area contributed by atoms with Crippen molar-refractivity contribution in [3.05, 3.63) is 60.2 Å². The van der Waals surface area contributed by atoms with Gasteiger partial charge in [-0.3, -0.25) is 4.79 Å². The van der Waals surface area contributed by atoms with Gasteiger partial charge >= 0.3 is 0 Å². The molecule has 26 heavy (non-hydrogen) atoms. The Labute approximate surface area is 156 Å². The molecule has 0 aliphatic carbocycles. The maximum Gasteiger partial charge on any atom is 0.251 e. The number of piperidine rings is 1. The Morgan fingerprint density at radius 3 is 2.54 bits per heavy atom. The molecule has 0 aromatic heterocycles. The molecule has 1 aliphatic heterocycles. The van der Waals surface area contributed by atoms with Crippen molar-refractivity contribution in [1.29, 1.82) is 0 Å². The summed E-state index contributed by atoms with van der Waals surface area (Å²) in [5.74, 6) is 1.43. The molecule has 4 heteroatoms. The Hall–Kier alpha value is -2.33. The van der Waals surface area contributed by atoms with Crippen LogP contribution in [0.2, 0.25) is 0 Å². The zero-order valence-corrected chi connectivity index (χ0v) is 15.5. The molecule has 2 aromatic rings. The fourth-order valence-electron chi connectivity index (χ4n) is 3.28. The van der Waals surface area contributed by atoms with Crippen LogP contribution in [-0.2, 0) is 0 Å². The van der Waals surface area contributed by atoms with Crippen molar-refractivity contribution in [3.63, 3.8) is 0 Å². The lowest BCUT2D eigenvalue weighted by Crippen LogP contribution is -2.44. The number of likely N-dealkylation sites (tertiary alicyclic amines) is 1. The minimum atomic E-state index is -0.0180. The van der Waals surface area contributed by atoms with Gasteiger partial charge in [0, 0.05) is 24.7 Å². The van der Waals surface area contributed by atoms with E-state index in [1.54, 1.807) is 6.07 Å². The number of amides is 1. The lowest BCUT2D eigenvalue weighted by molar-refractivity contribution is 0.0910. The molecule has 1 fully saturated rings. The third kappa shape index (κ3) is 5.33. The van der Waals surface area contributed by atoms with E-state index in [-0.39, 0.29) is 11.9 Å². The largest absolute Gasteiger partial charge is 0.457 e. The number of carbonyl (C=O) groups is 1. The Kier molecular flexibility index (Phi) is 6.67. The van der Waals surface area contributed by atoms with Gasteiger partial charge in [0.25, 0.3) is 5.91 Å². The molecule has 4 nitrogen and oxygen atoms in total. The first-order valence-electron chi connectivity index (χ1n) is 9.61. The van der Waals surface area contributed by atoms with E-state index in [0.717, 1.165) is 31.7 Å². The van der Waals surface area contributed by atoms with Gasteiger partial charge in [0.2, 0.25) is 0 Å². The molecule has 1 saturated heterocycles. The molecule has 1 aliphatic rings. The minimum Gasteiger partial charge on any atom is -0.457 e. The Morgan fingerprint density at radius 2 is 1.81 bits per heavy atom. The fourth-order valence-corrected chi connectivity index (χ4v) is 3.28. The zero-order chi connectivity index (χ0) is 18.2. The summed E-state index contributed by atoms with van der Waals surface area (Å²) in [6.45, 7) is 5.54. The number of nitrogens with one attached hydrogen (secondary N) is 1. The molecule has 0 radical (unpaired) electrons. The number of unbranched alkanes of at least 4 members (excludes halogenated alkanes) is 1. The number of nitrogens with zero attached hydrogens (tertiary/aromatic N) is 1. The topological polar surface area (TPSA) is 41.6 Å². The van der Waals surface area contributed by atoms with E-state index in [9.17, 15) is 4.79 Å². The summed E-state index contributed by atoms with van der Waals surface area (Å²) in [7, 11) is 0. The summed E-state index contributed by atoms with van der Waals surface area (Å²) in [5, 5.41) is 3.18. The van der Waals surface area contributed by atoms with Gasteiger partial charge in [-0.25, -0.2) is 0 Å². The van der Waals surface area contributed by atoms with E-state index in [4.69, 9.17) is 4.74 Å². The molecule has 0 atom stereocenters. The second-order valence-corrected chi connectivity index (χ2v) is 6.89. The van der Waals surface area contributed by atoms with Crippen LogP contribution < -0.4 is 10.1 Å². The number of benzene rings is 2. The maximum atomic E-state index is 12.6. The molecule has 0 unspecified atom stereocenters. The highest BCUT2D eigenvalue weighted by Gasteiger charge is 2.20. The van der Waals surface area contributed by atoms with Crippen molar-refractivity contribution < 1.29 is 9.53 Å². The first-order chi connectivity index (χ1) is 12.7. The average Bonchev–Trinajstić information content (AvgIpc) is 2.68. The van der Waals surface area contributed by atoms with E-state index < -0.39 is 0 Å². The Morgan fingerprint density at radius 1 is 1.08 bits per heavy atom. The smallest absolute Gasteiger partial charge is 0.251 e. The molecule has 3 rings (SSSR count). The van der Waals surface area contributed by atoms with E-state index in [1.165, 1.54) is 19.4 Å². The van der Waals surface area contributed by atoms with Gasteiger partial charge in [0.1, 0.15) is 11.5 Å². The lowest BCUT2D eigenvalue weighted by Gasteiger charge is -2.32. The number of carbonyl (C=O) groups excluding carboxylic acids is 1. The first kappa shape index (κ1) is 18.5. The predicted molar refractivity (Wildman–Crippen MR) is 105 cm³/mol. The standard InChI is InChI=1S/C22H28N2O2/c1-2-3-14-24-15-12-19(13-16-24)23-22(25)18-8-7-11-21(17-18)26-20-9-5-4-6-10-20/h4-11,17,19H,2-3,12-16H2,1H3,(H,23,25). The van der Waals surface area contributed by atoms with Crippen molar-refractivity contribution in [1.82, 2.24) is 10.2 Å². The van der Waals surface area contributed by atoms with Crippen molar-refractivity contribution in [2.24, 2.45) is 0 Å². The van der Waals surface area contributed by atoms with E-state index >= 15 is 0 Å². The van der Waals surface area contributed by atoms with Crippen LogP contribution in [0.5, 0.6) is 11.5 Å². The molecule has 2 aromatic carbocycles. The molecular weight excluding hydrogens is 324 g/mol. The third-order valence-corrected chi connectivity index (χ3v) is 4.83. The third-order valence-electron chi connectivity index (χ3n) is 4.83. The second kappa shape index (κ2) is 9.39. The Balaban J connectivity index is 1.53. The summed E-state index contributed by atoms with van der Waals surface area (Å²) in [6, 6.07) is 17.2. The second-order valence-electron chi connectivity index (χ2n) is 6.89. The van der Waals surface area contributed by atoms with Gasteiger partial charge in [-0.2, -0.15) is 0 Å². The van der Waals surface area contributed by atoms with Gasteiger partial charge in [0.05, 0.1) is 0 Å². The summed E-state index contributed by atoms with van der Waals surface area (Å²) in [5.41, 5.74) is 0.645. The van der Waals surface area contributed by atoms with E-state index in [2.05, 4.69) is 17.1 Å². The highest BCUT2D eigenvalue weighted by Crippen LogP contribution is 2.22. The van der Waals surface area contributed by atoms with Crippen LogP contribution in [-0.4, -0.2) is 36.5 Å². The molecule has 0 bridgehead atoms. The minimum absolute atomic E-state index is 0.0180. The molecule has 0 spiro atoms. The highest BCUT2D eigenvalue weighted by atomic mass is 16.5. The summed E-state index contributed by atoms with van der Waals surface area (Å²) in [6.07, 6.45) is 4.54. The van der Waals surface area contributed by atoms with Crippen LogP contribution >= 0.6 is 0 Å². The first-order valence-corrected chi connectivity index (χ1v) is 9.61. The summed E-state index contributed by atoms with van der Waals surface area (Å²) >= 11 is 0.